The van der Waals surface area contributed by atoms with Crippen LogP contribution >= 0.6 is 0 Å². The molecule has 2 rings (SSSR count). The molecule has 0 aromatic heterocycles. The molecule has 0 aliphatic carbocycles. The maximum atomic E-state index is 6.03. The lowest BCUT2D eigenvalue weighted by atomic mass is 9.88. The highest BCUT2D eigenvalue weighted by molar-refractivity contribution is 5.02. The summed E-state index contributed by atoms with van der Waals surface area (Å²) in [5.74, 6) is 0. The summed E-state index contributed by atoms with van der Waals surface area (Å²) in [6, 6.07) is 0.616. The molecule has 0 amide bonds. The third-order valence-corrected chi connectivity index (χ3v) is 4.60. The van der Waals surface area contributed by atoms with Crippen molar-refractivity contribution in [2.45, 2.75) is 38.0 Å². The van der Waals surface area contributed by atoms with Crippen LogP contribution in [0.5, 0.6) is 0 Å². The van der Waals surface area contributed by atoms with Gasteiger partial charge in [0.1, 0.15) is 0 Å². The molecule has 0 aromatic rings. The molecule has 94 valence electrons. The smallest absolute Gasteiger partial charge is 0.0743 e. The number of piperazine rings is 1. The van der Waals surface area contributed by atoms with Crippen molar-refractivity contribution in [1.82, 2.24) is 9.80 Å². The Labute approximate surface area is 98.7 Å². The number of hydrogen-bond donors (Lipinski definition) is 1. The first-order chi connectivity index (χ1) is 7.60. The largest absolute Gasteiger partial charge is 0.376 e. The molecule has 0 aromatic carbocycles. The van der Waals surface area contributed by atoms with Crippen LogP contribution in [0.25, 0.3) is 0 Å². The molecule has 0 saturated carbocycles. The first-order valence-corrected chi connectivity index (χ1v) is 6.37. The van der Waals surface area contributed by atoms with Crippen LogP contribution in [-0.2, 0) is 4.74 Å². The van der Waals surface area contributed by atoms with E-state index in [1.54, 1.807) is 0 Å². The predicted octanol–water partition coefficient (Wildman–Crippen LogP) is 0.129. The van der Waals surface area contributed by atoms with E-state index in [9.17, 15) is 0 Å². The number of nitrogens with zero attached hydrogens (tertiary/aromatic N) is 2. The normalized spacial score (nSPS) is 42.8. The van der Waals surface area contributed by atoms with Crippen molar-refractivity contribution in [1.29, 1.82) is 0 Å². The van der Waals surface area contributed by atoms with Crippen LogP contribution in [0.4, 0.5) is 0 Å². The minimum Gasteiger partial charge on any atom is -0.376 e. The zero-order valence-corrected chi connectivity index (χ0v) is 10.8. The van der Waals surface area contributed by atoms with E-state index < -0.39 is 0 Å². The molecule has 4 heteroatoms. The van der Waals surface area contributed by atoms with Gasteiger partial charge in [-0.3, -0.25) is 4.90 Å². The molecule has 2 fully saturated rings. The molecule has 2 saturated heterocycles. The van der Waals surface area contributed by atoms with Crippen LogP contribution in [0.2, 0.25) is 0 Å². The van der Waals surface area contributed by atoms with Gasteiger partial charge in [0, 0.05) is 38.8 Å². The van der Waals surface area contributed by atoms with Gasteiger partial charge in [-0.15, -0.1) is 0 Å². The molecule has 2 aliphatic rings. The lowest BCUT2D eigenvalue weighted by molar-refractivity contribution is -0.0224. The molecule has 3 unspecified atom stereocenters. The molecule has 0 spiro atoms. The Kier molecular flexibility index (Phi) is 3.54. The lowest BCUT2D eigenvalue weighted by Gasteiger charge is -2.48. The second-order valence-corrected chi connectivity index (χ2v) is 5.35. The second kappa shape index (κ2) is 4.61. The first kappa shape index (κ1) is 12.3. The Bertz CT molecular complexity index is 248. The van der Waals surface area contributed by atoms with Gasteiger partial charge in [0.05, 0.1) is 11.6 Å². The maximum absolute atomic E-state index is 6.03. The molecule has 16 heavy (non-hydrogen) atoms. The minimum atomic E-state index is 0.0928. The maximum Gasteiger partial charge on any atom is 0.0743 e. The summed E-state index contributed by atoms with van der Waals surface area (Å²) in [5.41, 5.74) is 6.13. The van der Waals surface area contributed by atoms with Gasteiger partial charge in [-0.1, -0.05) is 0 Å². The first-order valence-electron chi connectivity index (χ1n) is 6.37. The standard InChI is InChI=1S/C12H25N3O/c1-10-8-15(6-5-14(10)3)12(9-13)4-7-16-11(12)2/h10-11H,4-9,13H2,1-3H3. The van der Waals surface area contributed by atoms with E-state index in [-0.39, 0.29) is 11.6 Å². The number of ether oxygens (including phenoxy) is 1. The van der Waals surface area contributed by atoms with Crippen LogP contribution in [0.15, 0.2) is 0 Å². The van der Waals surface area contributed by atoms with Crippen LogP contribution < -0.4 is 5.73 Å². The van der Waals surface area contributed by atoms with Gasteiger partial charge in [-0.05, 0) is 27.3 Å². The molecule has 2 heterocycles. The Morgan fingerprint density at radius 2 is 2.12 bits per heavy atom. The highest BCUT2D eigenvalue weighted by Crippen LogP contribution is 2.32. The fraction of sp³-hybridized carbons (Fsp3) is 1.00. The molecular weight excluding hydrogens is 202 g/mol. The number of nitrogens with two attached hydrogens (primary N) is 1. The Balaban J connectivity index is 2.10. The Morgan fingerprint density at radius 1 is 1.38 bits per heavy atom. The van der Waals surface area contributed by atoms with E-state index in [1.165, 1.54) is 0 Å². The summed E-state index contributed by atoms with van der Waals surface area (Å²) in [5, 5.41) is 0. The van der Waals surface area contributed by atoms with Gasteiger partial charge in [0.25, 0.3) is 0 Å². The van der Waals surface area contributed by atoms with E-state index in [0.717, 1.165) is 32.7 Å². The molecule has 4 nitrogen and oxygen atoms in total. The highest BCUT2D eigenvalue weighted by Gasteiger charge is 2.46. The van der Waals surface area contributed by atoms with Gasteiger partial charge in [-0.2, -0.15) is 0 Å². The summed E-state index contributed by atoms with van der Waals surface area (Å²) >= 11 is 0. The van der Waals surface area contributed by atoms with E-state index >= 15 is 0 Å². The van der Waals surface area contributed by atoms with E-state index in [1.807, 2.05) is 0 Å². The quantitative estimate of drug-likeness (QED) is 0.728. The molecule has 2 N–H and O–H groups in total. The van der Waals surface area contributed by atoms with Gasteiger partial charge in [0.15, 0.2) is 0 Å². The zero-order chi connectivity index (χ0) is 11.8. The van der Waals surface area contributed by atoms with Crippen LogP contribution in [-0.4, -0.2) is 67.3 Å². The minimum absolute atomic E-state index is 0.0928. The molecular formula is C12H25N3O. The van der Waals surface area contributed by atoms with Crippen molar-refractivity contribution < 1.29 is 4.74 Å². The molecule has 0 bridgehead atoms. The van der Waals surface area contributed by atoms with Crippen molar-refractivity contribution in [3.05, 3.63) is 0 Å². The van der Waals surface area contributed by atoms with Crippen LogP contribution in [0.3, 0.4) is 0 Å². The molecule has 0 radical (unpaired) electrons. The van der Waals surface area contributed by atoms with Crippen molar-refractivity contribution in [2.75, 3.05) is 39.8 Å². The molecule has 3 atom stereocenters. The van der Waals surface area contributed by atoms with Crippen LogP contribution in [0, 0.1) is 0 Å². The highest BCUT2D eigenvalue weighted by atomic mass is 16.5. The lowest BCUT2D eigenvalue weighted by Crippen LogP contribution is -2.64. The SMILES string of the molecule is CC1CN(C2(CN)CCOC2C)CCN1C. The number of likely N-dealkylation sites (N-methyl/N-ethyl adjacent to an activating group) is 1. The fourth-order valence-corrected chi connectivity index (χ4v) is 3.04. The Hall–Kier alpha value is -0.160. The third-order valence-electron chi connectivity index (χ3n) is 4.60. The fourth-order valence-electron chi connectivity index (χ4n) is 3.04. The second-order valence-electron chi connectivity index (χ2n) is 5.35. The average Bonchev–Trinajstić information content (AvgIpc) is 2.65. The average molecular weight is 227 g/mol. The summed E-state index contributed by atoms with van der Waals surface area (Å²) in [4.78, 5) is 4.98. The molecule has 2 aliphatic heterocycles. The monoisotopic (exact) mass is 227 g/mol. The van der Waals surface area contributed by atoms with E-state index in [0.29, 0.717) is 12.6 Å². The summed E-state index contributed by atoms with van der Waals surface area (Å²) in [7, 11) is 2.20. The van der Waals surface area contributed by atoms with E-state index in [2.05, 4.69) is 30.7 Å². The summed E-state index contributed by atoms with van der Waals surface area (Å²) < 4.78 is 5.74. The summed E-state index contributed by atoms with van der Waals surface area (Å²) in [6.45, 7) is 9.40. The van der Waals surface area contributed by atoms with Gasteiger partial charge in [0.2, 0.25) is 0 Å². The Morgan fingerprint density at radius 3 is 2.62 bits per heavy atom. The van der Waals surface area contributed by atoms with Crippen molar-refractivity contribution in [3.63, 3.8) is 0 Å². The van der Waals surface area contributed by atoms with Crippen molar-refractivity contribution >= 4 is 0 Å². The van der Waals surface area contributed by atoms with Gasteiger partial charge >= 0.3 is 0 Å². The zero-order valence-electron chi connectivity index (χ0n) is 10.8. The van der Waals surface area contributed by atoms with E-state index in [4.69, 9.17) is 10.5 Å². The topological polar surface area (TPSA) is 41.7 Å². The third kappa shape index (κ3) is 1.88. The summed E-state index contributed by atoms with van der Waals surface area (Å²) in [6.07, 6.45) is 1.36. The number of rotatable bonds is 2. The van der Waals surface area contributed by atoms with Crippen molar-refractivity contribution in [3.8, 4) is 0 Å². The van der Waals surface area contributed by atoms with Crippen molar-refractivity contribution in [2.24, 2.45) is 5.73 Å². The van der Waals surface area contributed by atoms with Gasteiger partial charge in [-0.25, -0.2) is 0 Å². The number of hydrogen-bond acceptors (Lipinski definition) is 4. The predicted molar refractivity (Wildman–Crippen MR) is 65.5 cm³/mol. The van der Waals surface area contributed by atoms with Gasteiger partial charge < -0.3 is 15.4 Å². The van der Waals surface area contributed by atoms with Crippen LogP contribution in [0.1, 0.15) is 20.3 Å².